The predicted octanol–water partition coefficient (Wildman–Crippen LogP) is 4.96. The second-order valence-electron chi connectivity index (χ2n) is 13.5. The lowest BCUT2D eigenvalue weighted by Gasteiger charge is -2.40. The van der Waals surface area contributed by atoms with Crippen LogP contribution in [-0.4, -0.2) is 89.2 Å². The Morgan fingerprint density at radius 2 is 1.77 bits per heavy atom. The zero-order chi connectivity index (χ0) is 33.6. The summed E-state index contributed by atoms with van der Waals surface area (Å²) in [5.74, 6) is -0.947. The number of nitrogens with one attached hydrogen (secondary N) is 1. The van der Waals surface area contributed by atoms with Crippen molar-refractivity contribution < 1.29 is 32.9 Å². The number of benzene rings is 2. The Bertz CT molecular complexity index is 1730. The summed E-state index contributed by atoms with van der Waals surface area (Å²) in [5.41, 5.74) is 3.92. The summed E-state index contributed by atoms with van der Waals surface area (Å²) in [6.07, 6.45) is 2.81. The average molecular weight is 665 g/mol. The maximum absolute atomic E-state index is 10.6. The molecule has 4 fully saturated rings. The maximum Gasteiger partial charge on any atom is 0.490 e. The van der Waals surface area contributed by atoms with Crippen LogP contribution in [0.4, 0.5) is 24.7 Å². The number of ether oxygens (including phenoxy) is 1. The van der Waals surface area contributed by atoms with Gasteiger partial charge >= 0.3 is 12.1 Å². The Morgan fingerprint density at radius 1 is 1.08 bits per heavy atom. The van der Waals surface area contributed by atoms with E-state index in [1.165, 1.54) is 31.2 Å². The van der Waals surface area contributed by atoms with Gasteiger partial charge in [-0.15, -0.1) is 0 Å². The summed E-state index contributed by atoms with van der Waals surface area (Å²) in [6.45, 7) is 6.24. The molecule has 0 amide bonds. The number of phenolic OH excluding ortho intramolecular Hbond substituents is 1. The topological polar surface area (TPSA) is 125 Å². The number of pyridine rings is 1. The number of nitrogens with zero attached hydrogens (tertiary/aromatic N) is 5. The highest BCUT2D eigenvalue weighted by atomic mass is 19.4. The van der Waals surface area contributed by atoms with Crippen molar-refractivity contribution in [3.8, 4) is 17.7 Å². The minimum atomic E-state index is -5.08. The highest BCUT2D eigenvalue weighted by Gasteiger charge is 2.46. The van der Waals surface area contributed by atoms with E-state index in [0.29, 0.717) is 36.7 Å². The first-order valence-corrected chi connectivity index (χ1v) is 16.7. The SMILES string of the molecule is N#Cc1c(OCC23CCCN2CCC3)nc(N2[C@@H]3CC[C@H]2CNC3)c2c1CN(c1cc(O)cc3ccccc13)CC2.O=C(O)C(F)(F)F. The Morgan fingerprint density at radius 3 is 2.44 bits per heavy atom. The molecule has 10 nitrogen and oxygen atoms in total. The molecule has 5 aliphatic heterocycles. The van der Waals surface area contributed by atoms with Crippen LogP contribution >= 0.6 is 0 Å². The average Bonchev–Trinajstić information content (AvgIpc) is 3.72. The van der Waals surface area contributed by atoms with E-state index < -0.39 is 12.1 Å². The minimum absolute atomic E-state index is 0.0884. The summed E-state index contributed by atoms with van der Waals surface area (Å²) in [7, 11) is 0. The van der Waals surface area contributed by atoms with E-state index in [-0.39, 0.29) is 11.3 Å². The number of hydrogen-bond acceptors (Lipinski definition) is 9. The summed E-state index contributed by atoms with van der Waals surface area (Å²) in [6, 6.07) is 15.3. The Balaban J connectivity index is 0.000000473. The number of phenols is 1. The Labute approximate surface area is 276 Å². The van der Waals surface area contributed by atoms with Gasteiger partial charge in [0.2, 0.25) is 5.88 Å². The number of nitriles is 1. The first-order valence-electron chi connectivity index (χ1n) is 16.7. The van der Waals surface area contributed by atoms with Crippen LogP contribution in [0.3, 0.4) is 0 Å². The number of halogens is 3. The van der Waals surface area contributed by atoms with Crippen molar-refractivity contribution in [1.82, 2.24) is 15.2 Å². The molecule has 0 spiro atoms. The molecule has 254 valence electrons. The van der Waals surface area contributed by atoms with Gasteiger partial charge in [0.25, 0.3) is 0 Å². The van der Waals surface area contributed by atoms with Crippen molar-refractivity contribution in [2.24, 2.45) is 0 Å². The van der Waals surface area contributed by atoms with Gasteiger partial charge in [-0.3, -0.25) is 4.90 Å². The van der Waals surface area contributed by atoms with Crippen molar-refractivity contribution in [2.45, 2.75) is 75.3 Å². The molecule has 2 aromatic carbocycles. The fourth-order valence-corrected chi connectivity index (χ4v) is 8.55. The van der Waals surface area contributed by atoms with Crippen molar-refractivity contribution in [2.75, 3.05) is 49.1 Å². The van der Waals surface area contributed by atoms with Gasteiger partial charge in [0.15, 0.2) is 0 Å². The van der Waals surface area contributed by atoms with Gasteiger partial charge in [-0.1, -0.05) is 24.3 Å². The third-order valence-electron chi connectivity index (χ3n) is 10.8. The zero-order valence-electron chi connectivity index (χ0n) is 26.6. The number of piperazine rings is 1. The van der Waals surface area contributed by atoms with Crippen LogP contribution in [0.5, 0.6) is 11.6 Å². The van der Waals surface area contributed by atoms with E-state index in [0.717, 1.165) is 79.8 Å². The summed E-state index contributed by atoms with van der Waals surface area (Å²) < 4.78 is 38.4. The van der Waals surface area contributed by atoms with Crippen LogP contribution in [-0.2, 0) is 17.8 Å². The first kappa shape index (κ1) is 32.3. The molecule has 6 heterocycles. The molecular formula is C35H39F3N6O4. The molecular weight excluding hydrogens is 625 g/mol. The largest absolute Gasteiger partial charge is 0.508 e. The number of anilines is 2. The number of aromatic nitrogens is 1. The van der Waals surface area contributed by atoms with Gasteiger partial charge in [0, 0.05) is 66.5 Å². The molecule has 4 saturated heterocycles. The number of hydrogen-bond donors (Lipinski definition) is 3. The number of aliphatic carboxylic acids is 1. The van der Waals surface area contributed by atoms with Gasteiger partial charge in [-0.2, -0.15) is 23.4 Å². The monoisotopic (exact) mass is 664 g/mol. The van der Waals surface area contributed by atoms with Crippen LogP contribution in [0.25, 0.3) is 10.8 Å². The first-order chi connectivity index (χ1) is 23.1. The molecule has 2 atom stereocenters. The lowest BCUT2D eigenvalue weighted by atomic mass is 9.93. The van der Waals surface area contributed by atoms with Crippen LogP contribution in [0.15, 0.2) is 36.4 Å². The standard InChI is InChI=1S/C33H38N6O2.C2HF3O2/c34-17-28-29-20-37(30-16-25(40)15-22-5-1-2-6-26(22)30)14-9-27(29)31(39-23-7-8-24(39)19-35-18-23)36-32(28)41-21-33-10-3-12-38(33)13-4-11-33;3-2(4,5)1(6)7/h1-2,5-6,15-16,23-24,35,40H,3-4,7-14,18-21H2;(H,6,7)/t23-,24+;. The number of alkyl halides is 3. The van der Waals surface area contributed by atoms with E-state index in [1.54, 1.807) is 0 Å². The summed E-state index contributed by atoms with van der Waals surface area (Å²) >= 11 is 0. The predicted molar refractivity (Wildman–Crippen MR) is 173 cm³/mol. The molecule has 5 aliphatic rings. The van der Waals surface area contributed by atoms with Crippen molar-refractivity contribution >= 4 is 28.2 Å². The molecule has 3 N–H and O–H groups in total. The third kappa shape index (κ3) is 5.85. The summed E-state index contributed by atoms with van der Waals surface area (Å²) in [4.78, 5) is 21.6. The molecule has 48 heavy (non-hydrogen) atoms. The molecule has 0 aliphatic carbocycles. The van der Waals surface area contributed by atoms with Gasteiger partial charge in [0.1, 0.15) is 29.8 Å². The normalized spacial score (nSPS) is 22.9. The molecule has 2 bridgehead atoms. The van der Waals surface area contributed by atoms with E-state index in [9.17, 15) is 23.5 Å². The van der Waals surface area contributed by atoms with Crippen LogP contribution in [0.2, 0.25) is 0 Å². The van der Waals surface area contributed by atoms with E-state index in [2.05, 4.69) is 32.2 Å². The number of carboxylic acid groups (broad SMARTS) is 1. The Hall–Kier alpha value is -4.28. The Kier molecular flexibility index (Phi) is 8.49. The molecule has 1 aromatic heterocycles. The lowest BCUT2D eigenvalue weighted by Crippen LogP contribution is -2.53. The van der Waals surface area contributed by atoms with E-state index in [1.807, 2.05) is 30.3 Å². The number of aromatic hydroxyl groups is 1. The number of fused-ring (bicyclic) bond motifs is 5. The molecule has 0 saturated carbocycles. The van der Waals surface area contributed by atoms with Gasteiger partial charge < -0.3 is 30.1 Å². The van der Waals surface area contributed by atoms with E-state index in [4.69, 9.17) is 19.6 Å². The highest BCUT2D eigenvalue weighted by Crippen LogP contribution is 2.44. The quantitative estimate of drug-likeness (QED) is 0.345. The number of carboxylic acids is 1. The highest BCUT2D eigenvalue weighted by molar-refractivity contribution is 5.95. The number of carbonyl (C=O) groups is 1. The fourth-order valence-electron chi connectivity index (χ4n) is 8.55. The van der Waals surface area contributed by atoms with Gasteiger partial charge in [-0.05, 0) is 69.5 Å². The van der Waals surface area contributed by atoms with Crippen LogP contribution < -0.4 is 19.9 Å². The zero-order valence-corrected chi connectivity index (χ0v) is 26.6. The second kappa shape index (κ2) is 12.6. The maximum atomic E-state index is 10.6. The van der Waals surface area contributed by atoms with Gasteiger partial charge in [-0.25, -0.2) is 4.79 Å². The number of rotatable bonds is 5. The molecule has 8 rings (SSSR count). The second-order valence-corrected chi connectivity index (χ2v) is 13.5. The molecule has 3 aromatic rings. The lowest BCUT2D eigenvalue weighted by molar-refractivity contribution is -0.192. The fraction of sp³-hybridized carbons (Fsp3) is 0.514. The van der Waals surface area contributed by atoms with Crippen molar-refractivity contribution in [3.63, 3.8) is 0 Å². The van der Waals surface area contributed by atoms with E-state index >= 15 is 0 Å². The van der Waals surface area contributed by atoms with Crippen LogP contribution in [0, 0.1) is 11.3 Å². The minimum Gasteiger partial charge on any atom is -0.508 e. The summed E-state index contributed by atoms with van der Waals surface area (Å²) in [5, 5.41) is 34.0. The smallest absolute Gasteiger partial charge is 0.490 e. The van der Waals surface area contributed by atoms with Gasteiger partial charge in [0.05, 0.1) is 5.54 Å². The van der Waals surface area contributed by atoms with Crippen LogP contribution in [0.1, 0.15) is 55.2 Å². The third-order valence-corrected chi connectivity index (χ3v) is 10.8. The van der Waals surface area contributed by atoms with Crippen molar-refractivity contribution in [3.05, 3.63) is 53.1 Å². The molecule has 0 radical (unpaired) electrons. The molecule has 0 unspecified atom stereocenters. The molecule has 13 heteroatoms. The van der Waals surface area contributed by atoms with Crippen molar-refractivity contribution in [1.29, 1.82) is 5.26 Å².